The molecule has 0 atom stereocenters. The van der Waals surface area contributed by atoms with Crippen LogP contribution in [0, 0.1) is 6.92 Å². The summed E-state index contributed by atoms with van der Waals surface area (Å²) in [5.74, 6) is 0.360. The minimum atomic E-state index is -0.115. The Morgan fingerprint density at radius 2 is 2.42 bits per heavy atom. The van der Waals surface area contributed by atoms with Gasteiger partial charge in [0.1, 0.15) is 0 Å². The molecule has 0 aliphatic rings. The number of nitrogens with zero attached hydrogens (tertiary/aromatic N) is 2. The first-order chi connectivity index (χ1) is 9.06. The molecule has 2 radical (unpaired) electrons. The van der Waals surface area contributed by atoms with Crippen LogP contribution < -0.4 is 0 Å². The molecule has 19 heavy (non-hydrogen) atoms. The summed E-state index contributed by atoms with van der Waals surface area (Å²) >= 11 is 1.12. The third kappa shape index (κ3) is 3.71. The summed E-state index contributed by atoms with van der Waals surface area (Å²) < 4.78 is 5.71. The molecule has 0 aliphatic carbocycles. The van der Waals surface area contributed by atoms with Gasteiger partial charge in [-0.2, -0.15) is 0 Å². The second-order valence-corrected chi connectivity index (χ2v) is 5.50. The molecule has 0 aliphatic heterocycles. The quantitative estimate of drug-likeness (QED) is 0.580. The van der Waals surface area contributed by atoms with Crippen molar-refractivity contribution in [2.45, 2.75) is 13.3 Å². The van der Waals surface area contributed by atoms with Crippen LogP contribution in [0.25, 0.3) is 6.08 Å². The fourth-order valence-electron chi connectivity index (χ4n) is 1.51. The van der Waals surface area contributed by atoms with E-state index in [9.17, 15) is 4.79 Å². The number of hydrogen-bond donors (Lipinski definition) is 1. The number of rotatable bonds is 5. The summed E-state index contributed by atoms with van der Waals surface area (Å²) in [6, 6.07) is 0. The van der Waals surface area contributed by atoms with E-state index in [2.05, 4.69) is 15.2 Å². The number of H-pyrrole nitrogens is 1. The van der Waals surface area contributed by atoms with E-state index in [1.807, 2.05) is 6.08 Å². The number of ketones is 1. The number of aromatic amines is 1. The van der Waals surface area contributed by atoms with Crippen LogP contribution in [0.1, 0.15) is 28.4 Å². The van der Waals surface area contributed by atoms with E-state index in [0.717, 1.165) is 30.5 Å². The van der Waals surface area contributed by atoms with Crippen molar-refractivity contribution in [1.29, 1.82) is 0 Å². The second-order valence-electron chi connectivity index (χ2n) is 3.92. The van der Waals surface area contributed by atoms with Gasteiger partial charge in [-0.15, -0.1) is 0 Å². The molecule has 0 bridgehead atoms. The molecular formula is C12H10BN3O2W. The van der Waals surface area contributed by atoms with E-state index in [-0.39, 0.29) is 12.2 Å². The van der Waals surface area contributed by atoms with Gasteiger partial charge in [0.15, 0.2) is 0 Å². The minimum absolute atomic E-state index is 0.115. The molecule has 94 valence electrons. The van der Waals surface area contributed by atoms with Crippen LogP contribution in [0.15, 0.2) is 28.6 Å². The fourth-order valence-corrected chi connectivity index (χ4v) is 1.98. The Bertz CT molecular complexity index is 631. The molecule has 2 aromatic rings. The number of aryl methyl sites for hydroxylation is 1. The number of nitrogens with one attached hydrogen (secondary N) is 1. The Kier molecular flexibility index (Phi) is 4.43. The van der Waals surface area contributed by atoms with Crippen LogP contribution in [-0.4, -0.2) is 32.6 Å². The van der Waals surface area contributed by atoms with E-state index in [1.165, 1.54) is 6.26 Å². The van der Waals surface area contributed by atoms with Crippen molar-refractivity contribution >= 4 is 23.5 Å². The Morgan fingerprint density at radius 3 is 2.95 bits per heavy atom. The first-order valence-corrected chi connectivity index (χ1v) is 6.97. The molecule has 0 saturated heterocycles. The number of oxazole rings is 1. The third-order valence-electron chi connectivity index (χ3n) is 2.43. The number of carbonyl (C=O) groups is 1. The zero-order chi connectivity index (χ0) is 13.8. The number of carbonyl (C=O) groups excluding carboxylic acids is 1. The van der Waals surface area contributed by atoms with E-state index in [1.54, 1.807) is 19.3 Å². The molecule has 5 nitrogen and oxygen atoms in total. The molecule has 7 heteroatoms. The van der Waals surface area contributed by atoms with Gasteiger partial charge in [0.2, 0.25) is 0 Å². The maximum absolute atomic E-state index is 12.1. The predicted octanol–water partition coefficient (Wildman–Crippen LogP) is 1.21. The summed E-state index contributed by atoms with van der Waals surface area (Å²) in [6.07, 6.45) is 6.82. The normalized spacial score (nSPS) is 11.5. The van der Waals surface area contributed by atoms with Gasteiger partial charge in [-0.1, -0.05) is 0 Å². The van der Waals surface area contributed by atoms with Gasteiger partial charge < -0.3 is 0 Å². The fraction of sp³-hybridized carbons (Fsp3) is 0.167. The Hall–Kier alpha value is -1.55. The van der Waals surface area contributed by atoms with Crippen LogP contribution >= 0.6 is 0 Å². The van der Waals surface area contributed by atoms with Gasteiger partial charge in [0.05, 0.1) is 0 Å². The molecule has 1 N–H and O–H groups in total. The zero-order valence-electron chi connectivity index (χ0n) is 10.2. The summed E-state index contributed by atoms with van der Waals surface area (Å²) in [5, 5.41) is 6.56. The molecule has 2 heterocycles. The molecule has 2 rings (SSSR count). The molecule has 0 spiro atoms. The van der Waals surface area contributed by atoms with Gasteiger partial charge >= 0.3 is 122 Å². The van der Waals surface area contributed by atoms with Crippen LogP contribution in [0.3, 0.4) is 0 Å². The molecule has 0 saturated carbocycles. The van der Waals surface area contributed by atoms with Gasteiger partial charge in [-0.05, 0) is 0 Å². The van der Waals surface area contributed by atoms with Gasteiger partial charge in [-0.25, -0.2) is 0 Å². The third-order valence-corrected chi connectivity index (χ3v) is 3.37. The van der Waals surface area contributed by atoms with Gasteiger partial charge in [0, 0.05) is 0 Å². The summed E-state index contributed by atoms with van der Waals surface area (Å²) in [5.41, 5.74) is 1.98. The summed E-state index contributed by atoms with van der Waals surface area (Å²) in [4.78, 5) is 16.1. The summed E-state index contributed by atoms with van der Waals surface area (Å²) in [6.45, 7) is 1.70. The van der Waals surface area contributed by atoms with Crippen molar-refractivity contribution in [3.63, 3.8) is 0 Å². The topological polar surface area (TPSA) is 71.8 Å². The van der Waals surface area contributed by atoms with Crippen molar-refractivity contribution in [3.8, 4) is 0 Å². The van der Waals surface area contributed by atoms with Crippen molar-refractivity contribution in [2.75, 3.05) is 0 Å². The van der Waals surface area contributed by atoms with Crippen LogP contribution in [-0.2, 0) is 19.4 Å². The number of Topliss-reactive ketones (excluding diaryl/α,β-unsaturated/α-hetero) is 1. The van der Waals surface area contributed by atoms with Crippen LogP contribution in [0.4, 0.5) is 0 Å². The molecule has 0 unspecified atom stereocenters. The molecular weight excluding hydrogens is 413 g/mol. The van der Waals surface area contributed by atoms with Crippen molar-refractivity contribution in [2.24, 2.45) is 0 Å². The molecule has 0 fully saturated rings. The molecule has 2 aromatic heterocycles. The number of hydrogen-bond acceptors (Lipinski definition) is 4. The Labute approximate surface area is 122 Å². The first-order valence-electron chi connectivity index (χ1n) is 5.50. The zero-order valence-corrected chi connectivity index (χ0v) is 13.1. The Balaban J connectivity index is 2.18. The van der Waals surface area contributed by atoms with Crippen LogP contribution in [0.5, 0.6) is 0 Å². The van der Waals surface area contributed by atoms with E-state index in [0.29, 0.717) is 15.4 Å². The first kappa shape index (κ1) is 13.9. The van der Waals surface area contributed by atoms with Crippen molar-refractivity contribution in [1.82, 2.24) is 15.2 Å². The SMILES string of the molecule is [B][C](=[W])C(=Cc1cn[nH]c1)CC(=O)c1coc(C)n1. The maximum atomic E-state index is 12.1. The summed E-state index contributed by atoms with van der Waals surface area (Å²) in [7, 11) is 5.84. The average Bonchev–Trinajstić information content (AvgIpc) is 2.99. The van der Waals surface area contributed by atoms with Crippen molar-refractivity contribution in [3.05, 3.63) is 41.4 Å². The number of aromatic nitrogens is 3. The van der Waals surface area contributed by atoms with Gasteiger partial charge in [0.25, 0.3) is 0 Å². The molecule has 0 amide bonds. The van der Waals surface area contributed by atoms with Crippen molar-refractivity contribution < 1.29 is 28.6 Å². The second kappa shape index (κ2) is 6.06. The van der Waals surface area contributed by atoms with E-state index >= 15 is 0 Å². The monoisotopic (exact) mass is 423 g/mol. The van der Waals surface area contributed by atoms with E-state index in [4.69, 9.17) is 12.3 Å². The molecule has 0 aromatic carbocycles. The average molecular weight is 423 g/mol. The van der Waals surface area contributed by atoms with Crippen LogP contribution in [0.2, 0.25) is 0 Å². The van der Waals surface area contributed by atoms with E-state index < -0.39 is 0 Å². The standard InChI is InChI=1S/C12H10BN3O2.W/c1-8-16-11(7-18-8)12(17)3-9(4-13)2-10-5-14-15-6-10;/h2,5-7H,3H2,1H3,(H,14,15);. The Morgan fingerprint density at radius 1 is 1.63 bits per heavy atom. The number of allylic oxidation sites excluding steroid dienone is 1. The predicted molar refractivity (Wildman–Crippen MR) is 67.5 cm³/mol. The van der Waals surface area contributed by atoms with Gasteiger partial charge in [-0.3, -0.25) is 0 Å².